The fourth-order valence-corrected chi connectivity index (χ4v) is 5.74. The van der Waals surface area contributed by atoms with Gasteiger partial charge in [-0.2, -0.15) is 0 Å². The van der Waals surface area contributed by atoms with Crippen molar-refractivity contribution in [1.82, 2.24) is 9.80 Å². The lowest BCUT2D eigenvalue weighted by Crippen LogP contribution is -2.48. The van der Waals surface area contributed by atoms with E-state index in [1.807, 2.05) is 17.0 Å². The molecule has 2 fully saturated rings. The minimum atomic E-state index is 0.141. The summed E-state index contributed by atoms with van der Waals surface area (Å²) in [6.07, 6.45) is 4.66. The largest absolute Gasteiger partial charge is 0.493 e. The number of piperidine rings is 2. The average molecular weight is 461 g/mol. The van der Waals surface area contributed by atoms with Gasteiger partial charge in [-0.3, -0.25) is 9.69 Å². The van der Waals surface area contributed by atoms with Gasteiger partial charge >= 0.3 is 0 Å². The van der Waals surface area contributed by atoms with Gasteiger partial charge in [-0.25, -0.2) is 0 Å². The third-order valence-electron chi connectivity index (χ3n) is 6.75. The molecular formula is C25H33ClN2O2S. The Balaban J connectivity index is 1.28. The topological polar surface area (TPSA) is 32.8 Å². The summed E-state index contributed by atoms with van der Waals surface area (Å²) in [5, 5.41) is 0. The van der Waals surface area contributed by atoms with E-state index in [1.54, 1.807) is 0 Å². The number of benzene rings is 1. The summed E-state index contributed by atoms with van der Waals surface area (Å²) in [5.74, 6) is 1.69. The van der Waals surface area contributed by atoms with E-state index in [9.17, 15) is 4.79 Å². The number of halogens is 1. The molecule has 2 aromatic rings. The summed E-state index contributed by atoms with van der Waals surface area (Å²) >= 11 is 7.39. The summed E-state index contributed by atoms with van der Waals surface area (Å²) in [6.45, 7) is 10.0. The third-order valence-corrected chi connectivity index (χ3v) is 7.97. The number of carbonyl (C=O) groups is 1. The van der Waals surface area contributed by atoms with Crippen LogP contribution in [0.25, 0.3) is 0 Å². The number of para-hydroxylation sites is 1. The molecule has 0 aliphatic carbocycles. The predicted octanol–water partition coefficient (Wildman–Crippen LogP) is 5.95. The van der Waals surface area contributed by atoms with E-state index in [4.69, 9.17) is 16.3 Å². The Bertz CT molecular complexity index is 879. The van der Waals surface area contributed by atoms with Gasteiger partial charge < -0.3 is 9.64 Å². The van der Waals surface area contributed by atoms with Crippen LogP contribution in [0, 0.1) is 11.3 Å². The van der Waals surface area contributed by atoms with Crippen LogP contribution in [0.5, 0.6) is 5.75 Å². The van der Waals surface area contributed by atoms with Crippen molar-refractivity contribution in [2.24, 2.45) is 11.3 Å². The number of amides is 1. The van der Waals surface area contributed by atoms with Gasteiger partial charge in [0.05, 0.1) is 15.8 Å². The van der Waals surface area contributed by atoms with Gasteiger partial charge in [0.1, 0.15) is 5.75 Å². The zero-order valence-electron chi connectivity index (χ0n) is 18.6. The van der Waals surface area contributed by atoms with Crippen molar-refractivity contribution in [1.29, 1.82) is 0 Å². The number of hydrogen-bond donors (Lipinski definition) is 0. The normalized spacial score (nSPS) is 19.2. The minimum Gasteiger partial charge on any atom is -0.493 e. The highest BCUT2D eigenvalue weighted by Crippen LogP contribution is 2.42. The quantitative estimate of drug-likeness (QED) is 0.533. The second-order valence-corrected chi connectivity index (χ2v) is 11.2. The van der Waals surface area contributed by atoms with Gasteiger partial charge in [-0.15, -0.1) is 11.3 Å². The van der Waals surface area contributed by atoms with Gasteiger partial charge in [-0.1, -0.05) is 43.6 Å². The van der Waals surface area contributed by atoms with Crippen LogP contribution in [0.1, 0.15) is 54.8 Å². The highest BCUT2D eigenvalue weighted by Gasteiger charge is 2.38. The number of likely N-dealkylation sites (tertiary alicyclic amines) is 2. The molecule has 6 heteroatoms. The second-order valence-electron chi connectivity index (χ2n) is 9.48. The summed E-state index contributed by atoms with van der Waals surface area (Å²) in [7, 11) is 0. The fraction of sp³-hybridized carbons (Fsp3) is 0.560. The zero-order valence-corrected chi connectivity index (χ0v) is 20.2. The molecule has 1 aromatic heterocycles. The predicted molar refractivity (Wildman–Crippen MR) is 128 cm³/mol. The Labute approximate surface area is 195 Å². The van der Waals surface area contributed by atoms with Crippen LogP contribution in [0.3, 0.4) is 0 Å². The lowest BCUT2D eigenvalue weighted by molar-refractivity contribution is 0.0286. The molecule has 1 aromatic carbocycles. The molecule has 2 saturated heterocycles. The van der Waals surface area contributed by atoms with Gasteiger partial charge in [0.15, 0.2) is 0 Å². The van der Waals surface area contributed by atoms with Crippen LogP contribution in [0.4, 0.5) is 0 Å². The van der Waals surface area contributed by atoms with Crippen molar-refractivity contribution in [3.63, 3.8) is 0 Å². The van der Waals surface area contributed by atoms with E-state index in [1.165, 1.54) is 29.7 Å². The highest BCUT2D eigenvalue weighted by atomic mass is 35.5. The lowest BCUT2D eigenvalue weighted by Gasteiger charge is -2.47. The van der Waals surface area contributed by atoms with Crippen LogP contribution in [0.15, 0.2) is 36.4 Å². The third kappa shape index (κ3) is 5.63. The first-order valence-electron chi connectivity index (χ1n) is 11.4. The first-order valence-corrected chi connectivity index (χ1v) is 12.6. The molecule has 4 rings (SSSR count). The standard InChI is InChI=1S/C25H33ClN2O2S/c1-19(2)18-30-21-6-4-3-5-20(21)17-27-13-9-25(10-14-27)11-15-28(16-12-25)24(29)22-7-8-23(26)31-22/h3-8,19H,9-18H2,1-2H3. The second kappa shape index (κ2) is 9.93. The number of carbonyl (C=O) groups excluding carboxylic acids is 1. The van der Waals surface area contributed by atoms with Crippen LogP contribution in [-0.2, 0) is 6.54 Å². The smallest absolute Gasteiger partial charge is 0.263 e. The molecule has 0 N–H and O–H groups in total. The van der Waals surface area contributed by atoms with Crippen LogP contribution in [0.2, 0.25) is 4.34 Å². The van der Waals surface area contributed by atoms with Gasteiger partial charge in [0.2, 0.25) is 0 Å². The van der Waals surface area contributed by atoms with Gasteiger partial charge in [0, 0.05) is 25.2 Å². The minimum absolute atomic E-state index is 0.141. The maximum atomic E-state index is 12.7. The number of hydrogen-bond acceptors (Lipinski definition) is 4. The SMILES string of the molecule is CC(C)COc1ccccc1CN1CCC2(CC1)CCN(C(=O)c1ccc(Cl)s1)CC2. The van der Waals surface area contributed by atoms with E-state index in [0.29, 0.717) is 15.7 Å². The van der Waals surface area contributed by atoms with Crippen molar-refractivity contribution in [2.75, 3.05) is 32.8 Å². The Hall–Kier alpha value is -1.56. The van der Waals surface area contributed by atoms with Crippen LogP contribution >= 0.6 is 22.9 Å². The maximum absolute atomic E-state index is 12.7. The number of ether oxygens (including phenoxy) is 1. The molecule has 1 spiro atoms. The fourth-order valence-electron chi connectivity index (χ4n) is 4.73. The molecule has 4 nitrogen and oxygen atoms in total. The molecule has 31 heavy (non-hydrogen) atoms. The molecule has 168 valence electrons. The molecular weight excluding hydrogens is 428 g/mol. The van der Waals surface area contributed by atoms with Crippen molar-refractivity contribution in [3.05, 3.63) is 51.2 Å². The first-order chi connectivity index (χ1) is 14.9. The molecule has 3 heterocycles. The highest BCUT2D eigenvalue weighted by molar-refractivity contribution is 7.17. The lowest BCUT2D eigenvalue weighted by atomic mass is 9.71. The zero-order chi connectivity index (χ0) is 21.8. The summed E-state index contributed by atoms with van der Waals surface area (Å²) < 4.78 is 6.73. The number of nitrogens with zero attached hydrogens (tertiary/aromatic N) is 2. The van der Waals surface area contributed by atoms with Crippen molar-refractivity contribution in [3.8, 4) is 5.75 Å². The maximum Gasteiger partial charge on any atom is 0.263 e. The van der Waals surface area contributed by atoms with Crippen LogP contribution < -0.4 is 4.74 Å². The molecule has 0 atom stereocenters. The molecule has 1 amide bonds. The molecule has 0 bridgehead atoms. The summed E-state index contributed by atoms with van der Waals surface area (Å²) in [4.78, 5) is 18.1. The number of rotatable bonds is 6. The molecule has 0 saturated carbocycles. The van der Waals surface area contributed by atoms with Crippen molar-refractivity contribution in [2.45, 2.75) is 46.1 Å². The van der Waals surface area contributed by atoms with Gasteiger partial charge in [0.25, 0.3) is 5.91 Å². The summed E-state index contributed by atoms with van der Waals surface area (Å²) in [5.41, 5.74) is 1.68. The van der Waals surface area contributed by atoms with E-state index >= 15 is 0 Å². The van der Waals surface area contributed by atoms with E-state index in [0.717, 1.165) is 62.8 Å². The number of thiophene rings is 1. The summed E-state index contributed by atoms with van der Waals surface area (Å²) in [6, 6.07) is 12.1. The average Bonchev–Trinajstić information content (AvgIpc) is 3.21. The van der Waals surface area contributed by atoms with Gasteiger partial charge in [-0.05, 0) is 68.3 Å². The monoisotopic (exact) mass is 460 g/mol. The van der Waals surface area contributed by atoms with E-state index in [2.05, 4.69) is 43.0 Å². The van der Waals surface area contributed by atoms with Crippen molar-refractivity contribution >= 4 is 28.8 Å². The molecule has 2 aliphatic heterocycles. The van der Waals surface area contributed by atoms with Crippen LogP contribution in [-0.4, -0.2) is 48.5 Å². The van der Waals surface area contributed by atoms with E-state index < -0.39 is 0 Å². The Morgan fingerprint density at radius 1 is 1.06 bits per heavy atom. The van der Waals surface area contributed by atoms with E-state index in [-0.39, 0.29) is 5.91 Å². The Morgan fingerprint density at radius 3 is 2.39 bits per heavy atom. The van der Waals surface area contributed by atoms with Crippen molar-refractivity contribution < 1.29 is 9.53 Å². The molecule has 0 unspecified atom stereocenters. The Kier molecular flexibility index (Phi) is 7.25. The first kappa shape index (κ1) is 22.6. The molecule has 0 radical (unpaired) electrons. The molecule has 2 aliphatic rings. The Morgan fingerprint density at radius 2 is 1.74 bits per heavy atom.